The highest BCUT2D eigenvalue weighted by Crippen LogP contribution is 2.33. The molecule has 0 unspecified atom stereocenters. The molecule has 3 rings (SSSR count). The molecule has 0 spiro atoms. The monoisotopic (exact) mass is 880 g/mol. The van der Waals surface area contributed by atoms with Crippen molar-refractivity contribution in [2.75, 3.05) is 39.4 Å². The zero-order valence-electron chi connectivity index (χ0n) is 38.2. The van der Waals surface area contributed by atoms with Gasteiger partial charge in [0.05, 0.1) is 36.9 Å². The summed E-state index contributed by atoms with van der Waals surface area (Å²) in [5.74, 6) is -2.85. The van der Waals surface area contributed by atoms with Gasteiger partial charge in [0.2, 0.25) is 5.78 Å². The quantitative estimate of drug-likeness (QED) is 0.0811. The Morgan fingerprint density at radius 3 is 2.18 bits per heavy atom. The third-order valence-electron chi connectivity index (χ3n) is 13.0. The molecule has 3 aliphatic rings. The number of carboxylic acids is 1. The van der Waals surface area contributed by atoms with Crippen molar-refractivity contribution in [3.63, 3.8) is 0 Å². The van der Waals surface area contributed by atoms with Crippen LogP contribution in [-0.2, 0) is 42.9 Å². The van der Waals surface area contributed by atoms with Gasteiger partial charge in [-0.3, -0.25) is 19.2 Å². The van der Waals surface area contributed by atoms with E-state index in [1.807, 2.05) is 32.9 Å². The van der Waals surface area contributed by atoms with Crippen LogP contribution in [-0.4, -0.2) is 132 Å². The Morgan fingerprint density at radius 1 is 0.869 bits per heavy atom. The Kier molecular flexibility index (Phi) is 23.2. The van der Waals surface area contributed by atoms with E-state index in [0.29, 0.717) is 81.3 Å². The van der Waals surface area contributed by atoms with Crippen molar-refractivity contribution in [1.29, 1.82) is 0 Å². The van der Waals surface area contributed by atoms with E-state index in [9.17, 15) is 34.2 Å². The number of allylic oxidation sites excluding steroid dienone is 3. The molecule has 12 atom stereocenters. The van der Waals surface area contributed by atoms with Crippen LogP contribution in [0.2, 0.25) is 0 Å². The number of carboxylic acid groups (broad SMARTS) is 1. The number of ether oxygens (including phenoxy) is 4. The summed E-state index contributed by atoms with van der Waals surface area (Å²) < 4.78 is 23.6. The molecule has 348 valence electrons. The molecule has 1 saturated heterocycles. The standard InChI is InChI=1S/C47H77NO12S/c1-29-20-30(2)22-36(57-6)27-37(58-7)23-31(3)24-42(52)46(55)48-17-10-9-13-38(48)47(56)60-45(32(4)25-34-14-15-39(49)43(26-34)59-8)33(5)40(50)28-41(51)35(21-29)12-11-18-61-19-16-44(53)54/h21,25,30-31,33-40,43,45,49-50H,9-20,22-24,26-28H2,1-8H3,(H,53,54)/b29-21+,32-25+/t30-,31+,33+,34-,35+,36-,37-,38-,39+,40-,43+,45+/m0/s1. The smallest absolute Gasteiger partial charge is 0.329 e. The van der Waals surface area contributed by atoms with Crippen LogP contribution in [0.4, 0.5) is 0 Å². The third kappa shape index (κ3) is 17.5. The van der Waals surface area contributed by atoms with Crippen LogP contribution in [0.5, 0.6) is 0 Å². The van der Waals surface area contributed by atoms with Crippen molar-refractivity contribution in [2.24, 2.45) is 29.6 Å². The molecule has 3 N–H and O–H groups in total. The number of aliphatic hydroxyl groups is 2. The maximum atomic E-state index is 14.3. The molecule has 61 heavy (non-hydrogen) atoms. The first-order valence-corrected chi connectivity index (χ1v) is 23.8. The van der Waals surface area contributed by atoms with Crippen molar-refractivity contribution >= 4 is 41.2 Å². The van der Waals surface area contributed by atoms with E-state index in [0.717, 1.165) is 18.4 Å². The van der Waals surface area contributed by atoms with Crippen LogP contribution in [0, 0.1) is 29.6 Å². The van der Waals surface area contributed by atoms with Gasteiger partial charge in [0.1, 0.15) is 17.9 Å². The van der Waals surface area contributed by atoms with Crippen molar-refractivity contribution in [1.82, 2.24) is 4.90 Å². The predicted octanol–water partition coefficient (Wildman–Crippen LogP) is 6.74. The highest BCUT2D eigenvalue weighted by molar-refractivity contribution is 7.99. The minimum absolute atomic E-state index is 0.00839. The lowest BCUT2D eigenvalue weighted by Crippen LogP contribution is -2.52. The maximum Gasteiger partial charge on any atom is 0.329 e. The second-order valence-corrected chi connectivity index (χ2v) is 19.5. The molecule has 0 aromatic carbocycles. The van der Waals surface area contributed by atoms with E-state index >= 15 is 0 Å². The van der Waals surface area contributed by atoms with Crippen LogP contribution in [0.25, 0.3) is 0 Å². The lowest BCUT2D eigenvalue weighted by molar-refractivity contribution is -0.164. The van der Waals surface area contributed by atoms with Gasteiger partial charge in [0, 0.05) is 58.3 Å². The zero-order chi connectivity index (χ0) is 45.2. The number of thioether (sulfide) groups is 1. The Labute approximate surface area is 369 Å². The SMILES string of the molecule is CO[C@H]1C[C@@H](C)CC(=O)C(=O)N2CCCC[C@H]2C(=O)O[C@H](/C(C)=C/[C@@H]2CC[C@@H](O)[C@H](OC)C2)[C@H](C)[C@@H](O)CC(=O)[C@H](CCCSCCC(=O)O)/C=C(\C)C[C@H](C)C[C@H](OC)C1. The van der Waals surface area contributed by atoms with Crippen molar-refractivity contribution in [2.45, 2.75) is 174 Å². The van der Waals surface area contributed by atoms with Crippen LogP contribution < -0.4 is 0 Å². The Balaban J connectivity index is 2.02. The Morgan fingerprint density at radius 2 is 1.54 bits per heavy atom. The van der Waals surface area contributed by atoms with E-state index in [-0.39, 0.29) is 67.7 Å². The summed E-state index contributed by atoms with van der Waals surface area (Å²) in [5.41, 5.74) is 1.74. The highest BCUT2D eigenvalue weighted by Gasteiger charge is 2.40. The molecule has 14 heteroatoms. The summed E-state index contributed by atoms with van der Waals surface area (Å²) in [4.78, 5) is 68.3. The fraction of sp³-hybridized carbons (Fsp3) is 0.809. The fourth-order valence-electron chi connectivity index (χ4n) is 9.46. The summed E-state index contributed by atoms with van der Waals surface area (Å²) >= 11 is 1.54. The summed E-state index contributed by atoms with van der Waals surface area (Å²) in [6.07, 6.45) is 7.86. The van der Waals surface area contributed by atoms with E-state index in [1.54, 1.807) is 40.0 Å². The fourth-order valence-corrected chi connectivity index (χ4v) is 10.4. The molecule has 2 fully saturated rings. The van der Waals surface area contributed by atoms with E-state index < -0.39 is 59.8 Å². The number of Topliss-reactive ketones (excluding diaryl/α,β-unsaturated/α-hetero) is 2. The summed E-state index contributed by atoms with van der Waals surface area (Å²) in [5, 5.41) is 31.4. The average molecular weight is 880 g/mol. The number of piperidine rings is 1. The number of rotatable bonds is 12. The summed E-state index contributed by atoms with van der Waals surface area (Å²) in [6, 6.07) is -0.979. The number of cyclic esters (lactones) is 1. The first kappa shape index (κ1) is 52.7. The number of carbonyl (C=O) groups is 5. The molecule has 0 aromatic heterocycles. The number of nitrogens with zero attached hydrogens (tertiary/aromatic N) is 1. The molecule has 0 radical (unpaired) electrons. The minimum atomic E-state index is -1.18. The normalized spacial score (nSPS) is 34.9. The highest BCUT2D eigenvalue weighted by atomic mass is 32.2. The van der Waals surface area contributed by atoms with Gasteiger partial charge in [0.25, 0.3) is 5.91 Å². The Hall–Kier alpha value is -2.62. The molecule has 13 nitrogen and oxygen atoms in total. The molecular weight excluding hydrogens is 803 g/mol. The molecule has 2 heterocycles. The van der Waals surface area contributed by atoms with Crippen LogP contribution in [0.15, 0.2) is 23.3 Å². The number of hydrogen-bond donors (Lipinski definition) is 3. The van der Waals surface area contributed by atoms with Crippen molar-refractivity contribution in [3.05, 3.63) is 23.3 Å². The minimum Gasteiger partial charge on any atom is -0.481 e. The molecule has 0 aromatic rings. The number of aliphatic carboxylic acids is 1. The van der Waals surface area contributed by atoms with Gasteiger partial charge >= 0.3 is 11.9 Å². The second-order valence-electron chi connectivity index (χ2n) is 18.3. The zero-order valence-corrected chi connectivity index (χ0v) is 39.0. The average Bonchev–Trinajstić information content (AvgIpc) is 3.22. The van der Waals surface area contributed by atoms with Gasteiger partial charge < -0.3 is 39.2 Å². The van der Waals surface area contributed by atoms with E-state index in [4.69, 9.17) is 24.1 Å². The number of hydrogen-bond acceptors (Lipinski definition) is 12. The Bertz CT molecular complexity index is 1480. The molecule has 1 saturated carbocycles. The lowest BCUT2D eigenvalue weighted by atomic mass is 9.81. The number of carbonyl (C=O) groups excluding carboxylic acids is 4. The van der Waals surface area contributed by atoms with Crippen molar-refractivity contribution < 1.29 is 58.2 Å². The number of methoxy groups -OCH3 is 3. The number of fused-ring (bicyclic) bond motifs is 1. The number of amides is 1. The molecule has 1 aliphatic carbocycles. The van der Waals surface area contributed by atoms with Crippen LogP contribution >= 0.6 is 11.8 Å². The predicted molar refractivity (Wildman–Crippen MR) is 236 cm³/mol. The van der Waals surface area contributed by atoms with E-state index in [1.165, 1.54) is 4.90 Å². The van der Waals surface area contributed by atoms with Crippen LogP contribution in [0.3, 0.4) is 0 Å². The summed E-state index contributed by atoms with van der Waals surface area (Å²) in [7, 11) is 4.89. The van der Waals surface area contributed by atoms with Crippen molar-refractivity contribution in [3.8, 4) is 0 Å². The number of aliphatic hydroxyl groups excluding tert-OH is 2. The molecule has 2 aliphatic heterocycles. The first-order chi connectivity index (χ1) is 29.0. The van der Waals surface area contributed by atoms with Gasteiger partial charge in [-0.05, 0) is 120 Å². The van der Waals surface area contributed by atoms with Gasteiger partial charge in [-0.2, -0.15) is 11.8 Å². The largest absolute Gasteiger partial charge is 0.481 e. The van der Waals surface area contributed by atoms with Gasteiger partial charge in [-0.15, -0.1) is 0 Å². The van der Waals surface area contributed by atoms with Gasteiger partial charge in [-0.1, -0.05) is 38.5 Å². The first-order valence-electron chi connectivity index (χ1n) is 22.6. The molecular formula is C47H77NO12S. The van der Waals surface area contributed by atoms with E-state index in [2.05, 4.69) is 6.92 Å². The maximum absolute atomic E-state index is 14.3. The number of ketones is 2. The third-order valence-corrected chi connectivity index (χ3v) is 14.0. The molecule has 1 amide bonds. The van der Waals surface area contributed by atoms with Gasteiger partial charge in [-0.25, -0.2) is 4.79 Å². The molecule has 0 bridgehead atoms. The van der Waals surface area contributed by atoms with Gasteiger partial charge in [0.15, 0.2) is 0 Å². The second kappa shape index (κ2) is 26.9. The lowest BCUT2D eigenvalue weighted by Gasteiger charge is -2.37. The van der Waals surface area contributed by atoms with Crippen LogP contribution in [0.1, 0.15) is 131 Å². The number of esters is 1. The summed E-state index contributed by atoms with van der Waals surface area (Å²) in [6.45, 7) is 9.96. The topological polar surface area (TPSA) is 186 Å².